The van der Waals surface area contributed by atoms with E-state index in [9.17, 15) is 14.9 Å². The van der Waals surface area contributed by atoms with Crippen LogP contribution < -0.4 is 10.6 Å². The number of ether oxygens (including phenoxy) is 1. The lowest BCUT2D eigenvalue weighted by Crippen LogP contribution is -2.48. The number of benzene rings is 1. The van der Waals surface area contributed by atoms with E-state index in [-0.39, 0.29) is 12.2 Å². The Morgan fingerprint density at radius 1 is 1.58 bits per heavy atom. The maximum Gasteiger partial charge on any atom is 0.293 e. The number of anilines is 1. The van der Waals surface area contributed by atoms with Crippen molar-refractivity contribution in [2.24, 2.45) is 5.73 Å². The molecule has 102 valence electrons. The zero-order valence-corrected chi connectivity index (χ0v) is 12.1. The van der Waals surface area contributed by atoms with Gasteiger partial charge in [0.1, 0.15) is 5.69 Å². The van der Waals surface area contributed by atoms with Crippen LogP contribution in [-0.4, -0.2) is 36.6 Å². The molecule has 0 saturated carbocycles. The van der Waals surface area contributed by atoms with Crippen molar-refractivity contribution < 1.29 is 14.5 Å². The van der Waals surface area contributed by atoms with Crippen LogP contribution in [0.1, 0.15) is 0 Å². The molecule has 0 radical (unpaired) electrons. The third-order valence-electron chi connectivity index (χ3n) is 2.86. The zero-order valence-electron chi connectivity index (χ0n) is 9.91. The average molecular weight is 377 g/mol. The van der Waals surface area contributed by atoms with Crippen LogP contribution in [0, 0.1) is 13.7 Å². The quantitative estimate of drug-likeness (QED) is 0.479. The molecule has 1 aromatic carbocycles. The van der Waals surface area contributed by atoms with Crippen molar-refractivity contribution in [3.05, 3.63) is 31.9 Å². The van der Waals surface area contributed by atoms with E-state index in [0.717, 1.165) is 3.57 Å². The van der Waals surface area contributed by atoms with Gasteiger partial charge in [0.25, 0.3) is 5.69 Å². The van der Waals surface area contributed by atoms with E-state index >= 15 is 0 Å². The number of rotatable bonds is 3. The molecule has 19 heavy (non-hydrogen) atoms. The summed E-state index contributed by atoms with van der Waals surface area (Å²) in [6.45, 7) is 1.04. The second-order valence-corrected chi connectivity index (χ2v) is 5.34. The molecule has 1 aliphatic heterocycles. The fourth-order valence-electron chi connectivity index (χ4n) is 1.95. The highest BCUT2D eigenvalue weighted by molar-refractivity contribution is 14.1. The van der Waals surface area contributed by atoms with E-state index in [1.165, 1.54) is 6.07 Å². The van der Waals surface area contributed by atoms with Crippen molar-refractivity contribution >= 4 is 39.9 Å². The molecule has 8 heteroatoms. The number of morpholine rings is 1. The second-order valence-electron chi connectivity index (χ2n) is 4.10. The molecule has 1 amide bonds. The summed E-state index contributed by atoms with van der Waals surface area (Å²) < 4.78 is 6.01. The minimum atomic E-state index is -0.729. The fraction of sp³-hybridized carbons (Fsp3) is 0.364. The van der Waals surface area contributed by atoms with Crippen LogP contribution in [0.15, 0.2) is 18.2 Å². The number of carbonyl (C=O) groups excluding carboxylic acids is 1. The summed E-state index contributed by atoms with van der Waals surface area (Å²) in [4.78, 5) is 23.6. The molecule has 0 aliphatic carbocycles. The van der Waals surface area contributed by atoms with Gasteiger partial charge in [-0.15, -0.1) is 0 Å². The largest absolute Gasteiger partial charge is 0.367 e. The third-order valence-corrected chi connectivity index (χ3v) is 3.53. The van der Waals surface area contributed by atoms with E-state index in [1.54, 1.807) is 17.0 Å². The summed E-state index contributed by atoms with van der Waals surface area (Å²) >= 11 is 2.02. The number of hydrogen-bond acceptors (Lipinski definition) is 5. The molecule has 2 rings (SSSR count). The summed E-state index contributed by atoms with van der Waals surface area (Å²) in [7, 11) is 0. The molecule has 7 nitrogen and oxygen atoms in total. The van der Waals surface area contributed by atoms with E-state index < -0.39 is 16.9 Å². The first-order chi connectivity index (χ1) is 8.99. The number of nitro benzene ring substituents is 1. The Hall–Kier alpha value is -1.42. The Labute approximate surface area is 123 Å². The molecular weight excluding hydrogens is 365 g/mol. The minimum absolute atomic E-state index is 0.0250. The number of amides is 1. The monoisotopic (exact) mass is 377 g/mol. The summed E-state index contributed by atoms with van der Waals surface area (Å²) in [5.41, 5.74) is 5.71. The predicted molar refractivity (Wildman–Crippen MR) is 77.0 cm³/mol. The lowest BCUT2D eigenvalue weighted by Gasteiger charge is -2.32. The topological polar surface area (TPSA) is 98.7 Å². The van der Waals surface area contributed by atoms with Gasteiger partial charge in [0.05, 0.1) is 18.1 Å². The maximum atomic E-state index is 11.1. The van der Waals surface area contributed by atoms with E-state index in [1.807, 2.05) is 22.6 Å². The van der Waals surface area contributed by atoms with Gasteiger partial charge in [-0.3, -0.25) is 14.9 Å². The van der Waals surface area contributed by atoms with Crippen LogP contribution >= 0.6 is 22.6 Å². The van der Waals surface area contributed by atoms with Gasteiger partial charge in [0.15, 0.2) is 6.10 Å². The van der Waals surface area contributed by atoms with Crippen LogP contribution in [0.25, 0.3) is 0 Å². The van der Waals surface area contributed by atoms with Crippen molar-refractivity contribution in [1.29, 1.82) is 0 Å². The van der Waals surface area contributed by atoms with E-state index in [0.29, 0.717) is 18.8 Å². The molecule has 1 aromatic rings. The molecule has 1 atom stereocenters. The number of hydrogen-bond donors (Lipinski definition) is 1. The normalized spacial score (nSPS) is 19.2. The number of nitrogens with two attached hydrogens (primary N) is 1. The second kappa shape index (κ2) is 5.70. The van der Waals surface area contributed by atoms with Gasteiger partial charge in [-0.25, -0.2) is 0 Å². The lowest BCUT2D eigenvalue weighted by molar-refractivity contribution is -0.384. The molecular formula is C11H12IN3O4. The highest BCUT2D eigenvalue weighted by Gasteiger charge is 2.28. The summed E-state index contributed by atoms with van der Waals surface area (Å²) in [6.07, 6.45) is -0.729. The molecule has 1 unspecified atom stereocenters. The van der Waals surface area contributed by atoms with Crippen LogP contribution in [-0.2, 0) is 9.53 Å². The van der Waals surface area contributed by atoms with Gasteiger partial charge < -0.3 is 15.4 Å². The summed E-state index contributed by atoms with van der Waals surface area (Å²) in [5.74, 6) is -0.558. The predicted octanol–water partition coefficient (Wildman–Crippen LogP) is 0.890. The number of primary amides is 1. The molecule has 2 N–H and O–H groups in total. The van der Waals surface area contributed by atoms with Crippen molar-refractivity contribution in [3.8, 4) is 0 Å². The van der Waals surface area contributed by atoms with Crippen molar-refractivity contribution in [3.63, 3.8) is 0 Å². The minimum Gasteiger partial charge on any atom is -0.367 e. The maximum absolute atomic E-state index is 11.1. The fourth-order valence-corrected chi connectivity index (χ4v) is 2.43. The van der Waals surface area contributed by atoms with Crippen LogP contribution in [0.2, 0.25) is 0 Å². The van der Waals surface area contributed by atoms with Crippen molar-refractivity contribution in [2.45, 2.75) is 6.10 Å². The Kier molecular flexibility index (Phi) is 4.20. The average Bonchev–Trinajstić information content (AvgIpc) is 2.38. The smallest absolute Gasteiger partial charge is 0.293 e. The first kappa shape index (κ1) is 14.0. The molecule has 1 fully saturated rings. The van der Waals surface area contributed by atoms with Gasteiger partial charge in [0.2, 0.25) is 5.91 Å². The van der Waals surface area contributed by atoms with Crippen molar-refractivity contribution in [1.82, 2.24) is 0 Å². The van der Waals surface area contributed by atoms with Crippen LogP contribution in [0.3, 0.4) is 0 Å². The van der Waals surface area contributed by atoms with Gasteiger partial charge in [0, 0.05) is 16.2 Å². The number of nitro groups is 1. The Bertz CT molecular complexity index is 523. The zero-order chi connectivity index (χ0) is 14.0. The molecule has 1 saturated heterocycles. The lowest BCUT2D eigenvalue weighted by atomic mass is 10.2. The Morgan fingerprint density at radius 2 is 2.32 bits per heavy atom. The molecule has 1 aliphatic rings. The van der Waals surface area contributed by atoms with Gasteiger partial charge in [-0.1, -0.05) is 0 Å². The summed E-state index contributed by atoms with van der Waals surface area (Å²) in [5, 5.41) is 11.1. The Balaban J connectivity index is 2.30. The first-order valence-electron chi connectivity index (χ1n) is 5.59. The van der Waals surface area contributed by atoms with Crippen LogP contribution in [0.5, 0.6) is 0 Å². The standard InChI is InChI=1S/C11H12IN3O4/c12-7-1-2-8(9(5-7)15(17)18)14-3-4-19-10(6-14)11(13)16/h1-2,5,10H,3-4,6H2,(H2,13,16). The molecule has 1 heterocycles. The summed E-state index contributed by atoms with van der Waals surface area (Å²) in [6, 6.07) is 4.98. The molecule has 0 bridgehead atoms. The van der Waals surface area contributed by atoms with Gasteiger partial charge >= 0.3 is 0 Å². The van der Waals surface area contributed by atoms with Crippen LogP contribution in [0.4, 0.5) is 11.4 Å². The number of carbonyl (C=O) groups is 1. The van der Waals surface area contributed by atoms with E-state index in [2.05, 4.69) is 0 Å². The SMILES string of the molecule is NC(=O)C1CN(c2ccc(I)cc2[N+](=O)[O-])CCO1. The van der Waals surface area contributed by atoms with Crippen molar-refractivity contribution in [2.75, 3.05) is 24.6 Å². The molecule has 0 aromatic heterocycles. The third kappa shape index (κ3) is 3.13. The number of halogens is 1. The Morgan fingerprint density at radius 3 is 2.95 bits per heavy atom. The highest BCUT2D eigenvalue weighted by atomic mass is 127. The van der Waals surface area contributed by atoms with Gasteiger partial charge in [-0.2, -0.15) is 0 Å². The number of nitrogens with zero attached hydrogens (tertiary/aromatic N) is 2. The first-order valence-corrected chi connectivity index (χ1v) is 6.66. The highest BCUT2D eigenvalue weighted by Crippen LogP contribution is 2.30. The van der Waals surface area contributed by atoms with Gasteiger partial charge in [-0.05, 0) is 34.7 Å². The molecule has 0 spiro atoms. The van der Waals surface area contributed by atoms with E-state index in [4.69, 9.17) is 10.5 Å².